The number of ketones is 2. The Morgan fingerprint density at radius 1 is 0.971 bits per heavy atom. The minimum absolute atomic E-state index is 0.0601. The zero-order chi connectivity index (χ0) is 24.4. The number of esters is 1. The molecule has 1 aliphatic rings. The molecule has 34 heavy (non-hydrogen) atoms. The van der Waals surface area contributed by atoms with Crippen molar-refractivity contribution in [1.29, 1.82) is 0 Å². The molecular weight excluding hydrogens is 447 g/mol. The van der Waals surface area contributed by atoms with Gasteiger partial charge in [-0.1, -0.05) is 30.3 Å². The first-order valence-electron chi connectivity index (χ1n) is 9.96. The van der Waals surface area contributed by atoms with Crippen molar-refractivity contribution in [2.45, 2.75) is 6.10 Å². The standard InChI is InChI=1S/C24H15FN2O7/c25-18-8-4-3-7-17(18)20(28)19(22-15-5-1-2-6-16(15)24(31)34-22)21(29)23(30)26-13-9-11-14(12-10-13)27(32)33/h1-12,19,22H,(H,26,30)/t19-,22-/m1/s1. The van der Waals surface area contributed by atoms with Crippen molar-refractivity contribution in [1.82, 2.24) is 0 Å². The van der Waals surface area contributed by atoms with Crippen LogP contribution in [0, 0.1) is 21.8 Å². The number of cyclic esters (lactones) is 1. The van der Waals surface area contributed by atoms with Crippen LogP contribution in [0.5, 0.6) is 0 Å². The number of fused-ring (bicyclic) bond motifs is 1. The van der Waals surface area contributed by atoms with Crippen LogP contribution in [0.15, 0.2) is 72.8 Å². The number of anilines is 1. The Morgan fingerprint density at radius 3 is 2.29 bits per heavy atom. The van der Waals surface area contributed by atoms with E-state index in [0.29, 0.717) is 0 Å². The highest BCUT2D eigenvalue weighted by Crippen LogP contribution is 2.38. The highest BCUT2D eigenvalue weighted by atomic mass is 19.1. The van der Waals surface area contributed by atoms with Gasteiger partial charge in [0.05, 0.1) is 16.1 Å². The largest absolute Gasteiger partial charge is 0.453 e. The van der Waals surface area contributed by atoms with E-state index in [1.807, 2.05) is 0 Å². The summed E-state index contributed by atoms with van der Waals surface area (Å²) in [7, 11) is 0. The molecule has 1 amide bonds. The molecule has 2 atom stereocenters. The zero-order valence-corrected chi connectivity index (χ0v) is 17.3. The number of hydrogen-bond donors (Lipinski definition) is 1. The monoisotopic (exact) mass is 462 g/mol. The van der Waals surface area contributed by atoms with E-state index >= 15 is 0 Å². The summed E-state index contributed by atoms with van der Waals surface area (Å²) in [6, 6.07) is 15.7. The number of ether oxygens (including phenoxy) is 1. The van der Waals surface area contributed by atoms with Crippen molar-refractivity contribution >= 4 is 34.8 Å². The van der Waals surface area contributed by atoms with Crippen molar-refractivity contribution in [2.24, 2.45) is 5.92 Å². The Morgan fingerprint density at radius 2 is 1.62 bits per heavy atom. The maximum atomic E-state index is 14.4. The molecule has 0 spiro atoms. The van der Waals surface area contributed by atoms with Gasteiger partial charge in [-0.15, -0.1) is 0 Å². The van der Waals surface area contributed by atoms with E-state index in [2.05, 4.69) is 5.32 Å². The molecule has 0 saturated heterocycles. The van der Waals surface area contributed by atoms with Crippen LogP contribution >= 0.6 is 0 Å². The van der Waals surface area contributed by atoms with Crippen molar-refractivity contribution in [2.75, 3.05) is 5.32 Å². The minimum atomic E-state index is -1.86. The average molecular weight is 462 g/mol. The number of carbonyl (C=O) groups excluding carboxylic acids is 4. The van der Waals surface area contributed by atoms with Crippen LogP contribution < -0.4 is 5.32 Å². The lowest BCUT2D eigenvalue weighted by Crippen LogP contribution is -2.38. The fourth-order valence-corrected chi connectivity index (χ4v) is 3.64. The second-order valence-electron chi connectivity index (χ2n) is 7.36. The van der Waals surface area contributed by atoms with Gasteiger partial charge in [0.15, 0.2) is 5.78 Å². The molecule has 3 aromatic carbocycles. The topological polar surface area (TPSA) is 133 Å². The van der Waals surface area contributed by atoms with E-state index in [1.165, 1.54) is 36.4 Å². The number of hydrogen-bond acceptors (Lipinski definition) is 7. The molecule has 170 valence electrons. The quantitative estimate of drug-likeness (QED) is 0.141. The van der Waals surface area contributed by atoms with Crippen LogP contribution in [0.3, 0.4) is 0 Å². The summed E-state index contributed by atoms with van der Waals surface area (Å²) in [5.74, 6) is -7.07. The van der Waals surface area contributed by atoms with Crippen LogP contribution in [-0.4, -0.2) is 28.4 Å². The van der Waals surface area contributed by atoms with Crippen LogP contribution in [0.25, 0.3) is 0 Å². The molecule has 1 N–H and O–H groups in total. The third-order valence-electron chi connectivity index (χ3n) is 5.29. The van der Waals surface area contributed by atoms with Gasteiger partial charge < -0.3 is 10.1 Å². The van der Waals surface area contributed by atoms with Gasteiger partial charge >= 0.3 is 5.97 Å². The first-order chi connectivity index (χ1) is 16.3. The highest BCUT2D eigenvalue weighted by Gasteiger charge is 2.46. The van der Waals surface area contributed by atoms with E-state index in [4.69, 9.17) is 4.74 Å². The molecule has 3 aromatic rings. The molecule has 10 heteroatoms. The second-order valence-corrected chi connectivity index (χ2v) is 7.36. The summed E-state index contributed by atoms with van der Waals surface area (Å²) < 4.78 is 19.7. The van der Waals surface area contributed by atoms with Gasteiger partial charge in [-0.05, 0) is 30.3 Å². The molecule has 9 nitrogen and oxygen atoms in total. The minimum Gasteiger partial charge on any atom is -0.453 e. The van der Waals surface area contributed by atoms with Crippen LogP contribution in [-0.2, 0) is 14.3 Å². The average Bonchev–Trinajstić information content (AvgIpc) is 3.16. The smallest absolute Gasteiger partial charge is 0.339 e. The summed E-state index contributed by atoms with van der Waals surface area (Å²) in [5, 5.41) is 13.1. The van der Waals surface area contributed by atoms with Gasteiger partial charge in [0.2, 0.25) is 5.78 Å². The number of benzene rings is 3. The number of Topliss-reactive ketones (excluding diaryl/α,β-unsaturated/α-hetero) is 2. The summed E-state index contributed by atoms with van der Waals surface area (Å²) in [4.78, 5) is 61.7. The summed E-state index contributed by atoms with van der Waals surface area (Å²) >= 11 is 0. The SMILES string of the molecule is O=C(Nc1ccc([N+](=O)[O-])cc1)C(=O)[C@@H](C(=O)c1ccccc1F)[C@@H]1OC(=O)c2ccccc21. The summed E-state index contributed by atoms with van der Waals surface area (Å²) in [6.45, 7) is 0. The maximum absolute atomic E-state index is 14.4. The molecule has 0 aliphatic carbocycles. The zero-order valence-electron chi connectivity index (χ0n) is 17.3. The normalized spacial score (nSPS) is 15.1. The van der Waals surface area contributed by atoms with Gasteiger partial charge in [-0.25, -0.2) is 9.18 Å². The van der Waals surface area contributed by atoms with E-state index in [0.717, 1.165) is 24.3 Å². The number of nitrogens with zero attached hydrogens (tertiary/aromatic N) is 1. The first kappa shape index (κ1) is 22.5. The van der Waals surface area contributed by atoms with Gasteiger partial charge in [0, 0.05) is 23.4 Å². The Balaban J connectivity index is 1.69. The summed E-state index contributed by atoms with van der Waals surface area (Å²) in [6.07, 6.45) is -1.44. The van der Waals surface area contributed by atoms with Gasteiger partial charge in [0.25, 0.3) is 11.6 Å². The van der Waals surface area contributed by atoms with Crippen molar-refractivity contribution in [3.63, 3.8) is 0 Å². The third kappa shape index (κ3) is 4.16. The highest BCUT2D eigenvalue weighted by molar-refractivity contribution is 6.45. The number of nitrogens with one attached hydrogen (secondary N) is 1. The van der Waals surface area contributed by atoms with Gasteiger partial charge in [-0.2, -0.15) is 0 Å². The second kappa shape index (κ2) is 9.02. The van der Waals surface area contributed by atoms with E-state index < -0.39 is 51.8 Å². The van der Waals surface area contributed by atoms with Gasteiger partial charge in [0.1, 0.15) is 17.8 Å². The molecule has 1 aliphatic heterocycles. The first-order valence-corrected chi connectivity index (χ1v) is 9.96. The Hall–Kier alpha value is -4.73. The molecule has 0 radical (unpaired) electrons. The van der Waals surface area contributed by atoms with Crippen molar-refractivity contribution in [3.8, 4) is 0 Å². The number of amides is 1. The molecular formula is C24H15FN2O7. The molecule has 0 fully saturated rings. The lowest BCUT2D eigenvalue weighted by Gasteiger charge is -2.21. The van der Waals surface area contributed by atoms with Crippen molar-refractivity contribution < 1.29 is 33.2 Å². The van der Waals surface area contributed by atoms with Crippen molar-refractivity contribution in [3.05, 3.63) is 105 Å². The number of carbonyl (C=O) groups is 4. The number of halogens is 1. The molecule has 0 unspecified atom stereocenters. The summed E-state index contributed by atoms with van der Waals surface area (Å²) in [5.41, 5.74) is -0.262. The fraction of sp³-hybridized carbons (Fsp3) is 0.0833. The number of rotatable bonds is 7. The fourth-order valence-electron chi connectivity index (χ4n) is 3.64. The predicted octanol–water partition coefficient (Wildman–Crippen LogP) is 3.65. The molecule has 0 saturated carbocycles. The Kier molecular flexibility index (Phi) is 5.96. The number of nitro benzene ring substituents is 1. The Bertz CT molecular complexity index is 1340. The lowest BCUT2D eigenvalue weighted by molar-refractivity contribution is -0.384. The maximum Gasteiger partial charge on any atom is 0.339 e. The molecule has 0 bridgehead atoms. The van der Waals surface area contributed by atoms with Crippen LogP contribution in [0.1, 0.15) is 32.4 Å². The van der Waals surface area contributed by atoms with E-state index in [1.54, 1.807) is 12.1 Å². The lowest BCUT2D eigenvalue weighted by atomic mass is 9.84. The van der Waals surface area contributed by atoms with Crippen LogP contribution in [0.4, 0.5) is 15.8 Å². The van der Waals surface area contributed by atoms with E-state index in [-0.39, 0.29) is 22.5 Å². The van der Waals surface area contributed by atoms with Gasteiger partial charge in [-0.3, -0.25) is 24.5 Å². The molecule has 4 rings (SSSR count). The van der Waals surface area contributed by atoms with Crippen LogP contribution in [0.2, 0.25) is 0 Å². The molecule has 0 aromatic heterocycles. The number of nitro groups is 1. The number of non-ortho nitro benzene ring substituents is 1. The predicted molar refractivity (Wildman–Crippen MR) is 116 cm³/mol. The Labute approximate surface area is 191 Å². The third-order valence-corrected chi connectivity index (χ3v) is 5.29. The molecule has 1 heterocycles. The van der Waals surface area contributed by atoms with E-state index in [9.17, 15) is 33.7 Å².